The number of amides is 2. The Kier molecular flexibility index (Phi) is 4.50. The van der Waals surface area contributed by atoms with Gasteiger partial charge in [-0.3, -0.25) is 14.5 Å². The predicted octanol–water partition coefficient (Wildman–Crippen LogP) is 2.98. The fourth-order valence-corrected chi connectivity index (χ4v) is 4.93. The highest BCUT2D eigenvalue weighted by molar-refractivity contribution is 6.22. The number of fused-ring (bicyclic) bond motifs is 1. The molecule has 4 rings (SSSR count). The Morgan fingerprint density at radius 2 is 1.72 bits per heavy atom. The number of nitrogens with zero attached hydrogens (tertiary/aromatic N) is 2. The van der Waals surface area contributed by atoms with E-state index in [4.69, 9.17) is 4.74 Å². The maximum absolute atomic E-state index is 13.1. The highest BCUT2D eigenvalue weighted by Crippen LogP contribution is 2.38. The molecule has 134 valence electrons. The van der Waals surface area contributed by atoms with Crippen molar-refractivity contribution in [1.82, 2.24) is 4.90 Å². The van der Waals surface area contributed by atoms with E-state index in [0.29, 0.717) is 24.1 Å². The maximum atomic E-state index is 13.1. The standard InChI is InChI=1S/C20H26N2O3/c1-25-16-10-8-15(9-11-16)22-19(23)13-18(20(22)24)21-12-4-6-14-5-2-3-7-17(14)21/h8-11,14,17-18H,2-7,12-13H2,1H3/t14-,17-,18-/m0/s1. The molecule has 1 aromatic carbocycles. The number of likely N-dealkylation sites (tertiary alicyclic amines) is 1. The zero-order valence-corrected chi connectivity index (χ0v) is 14.8. The number of methoxy groups -OCH3 is 1. The zero-order chi connectivity index (χ0) is 17.4. The van der Waals surface area contributed by atoms with E-state index in [-0.39, 0.29) is 17.9 Å². The molecule has 0 bridgehead atoms. The molecule has 0 N–H and O–H groups in total. The number of piperidine rings is 1. The molecule has 0 radical (unpaired) electrons. The normalized spacial score (nSPS) is 30.4. The van der Waals surface area contributed by atoms with E-state index in [0.717, 1.165) is 18.7 Å². The molecule has 1 aliphatic carbocycles. The second kappa shape index (κ2) is 6.79. The summed E-state index contributed by atoms with van der Waals surface area (Å²) >= 11 is 0. The van der Waals surface area contributed by atoms with Crippen LogP contribution in [0, 0.1) is 5.92 Å². The number of carbonyl (C=O) groups excluding carboxylic acids is 2. The van der Waals surface area contributed by atoms with Crippen molar-refractivity contribution >= 4 is 17.5 Å². The third-order valence-electron chi connectivity index (χ3n) is 6.14. The molecular weight excluding hydrogens is 316 g/mol. The van der Waals surface area contributed by atoms with Gasteiger partial charge < -0.3 is 4.74 Å². The molecule has 2 aliphatic heterocycles. The molecule has 2 saturated heterocycles. The zero-order valence-electron chi connectivity index (χ0n) is 14.8. The Balaban J connectivity index is 1.55. The fraction of sp³-hybridized carbons (Fsp3) is 0.600. The van der Waals surface area contributed by atoms with Crippen LogP contribution in [0.3, 0.4) is 0 Å². The fourth-order valence-electron chi connectivity index (χ4n) is 4.93. The molecule has 1 saturated carbocycles. The summed E-state index contributed by atoms with van der Waals surface area (Å²) in [5.74, 6) is 1.29. The van der Waals surface area contributed by atoms with Gasteiger partial charge in [-0.15, -0.1) is 0 Å². The van der Waals surface area contributed by atoms with Gasteiger partial charge in [0, 0.05) is 6.04 Å². The molecule has 2 heterocycles. The summed E-state index contributed by atoms with van der Waals surface area (Å²) in [7, 11) is 1.61. The molecule has 3 atom stereocenters. The molecule has 2 amide bonds. The van der Waals surface area contributed by atoms with Gasteiger partial charge in [0.15, 0.2) is 0 Å². The van der Waals surface area contributed by atoms with E-state index in [1.807, 2.05) is 0 Å². The van der Waals surface area contributed by atoms with E-state index in [1.165, 1.54) is 37.0 Å². The van der Waals surface area contributed by atoms with Gasteiger partial charge in [0.05, 0.1) is 25.3 Å². The minimum Gasteiger partial charge on any atom is -0.497 e. The van der Waals surface area contributed by atoms with Crippen LogP contribution in [-0.4, -0.2) is 42.5 Å². The van der Waals surface area contributed by atoms with E-state index in [2.05, 4.69) is 4.90 Å². The topological polar surface area (TPSA) is 49.9 Å². The van der Waals surface area contributed by atoms with Gasteiger partial charge in [-0.05, 0) is 62.4 Å². The van der Waals surface area contributed by atoms with Crippen LogP contribution in [0.1, 0.15) is 44.9 Å². The van der Waals surface area contributed by atoms with Crippen LogP contribution in [-0.2, 0) is 9.59 Å². The average molecular weight is 342 g/mol. The quantitative estimate of drug-likeness (QED) is 0.793. The van der Waals surface area contributed by atoms with Crippen molar-refractivity contribution in [3.05, 3.63) is 24.3 Å². The lowest BCUT2D eigenvalue weighted by Gasteiger charge is -2.46. The molecule has 0 aromatic heterocycles. The van der Waals surface area contributed by atoms with Crippen LogP contribution >= 0.6 is 0 Å². The highest BCUT2D eigenvalue weighted by Gasteiger charge is 2.47. The smallest absolute Gasteiger partial charge is 0.251 e. The first-order valence-corrected chi connectivity index (χ1v) is 9.45. The Hall–Kier alpha value is -1.88. The van der Waals surface area contributed by atoms with Crippen molar-refractivity contribution in [2.45, 2.75) is 57.0 Å². The molecular formula is C20H26N2O3. The molecule has 25 heavy (non-hydrogen) atoms. The van der Waals surface area contributed by atoms with Gasteiger partial charge in [0.2, 0.25) is 5.91 Å². The number of hydrogen-bond acceptors (Lipinski definition) is 4. The summed E-state index contributed by atoms with van der Waals surface area (Å²) < 4.78 is 5.16. The SMILES string of the molecule is COc1ccc(N2C(=O)C[C@H](N3CCC[C@@H]4CCCC[C@@H]43)C2=O)cc1. The number of carbonyl (C=O) groups is 2. The van der Waals surface area contributed by atoms with Crippen molar-refractivity contribution in [2.24, 2.45) is 5.92 Å². The summed E-state index contributed by atoms with van der Waals surface area (Å²) in [6.07, 6.45) is 7.73. The van der Waals surface area contributed by atoms with Gasteiger partial charge in [-0.1, -0.05) is 12.8 Å². The number of imide groups is 1. The number of anilines is 1. The van der Waals surface area contributed by atoms with Crippen LogP contribution in [0.2, 0.25) is 0 Å². The first kappa shape index (κ1) is 16.6. The Labute approximate surface area is 148 Å². The largest absolute Gasteiger partial charge is 0.497 e. The van der Waals surface area contributed by atoms with Crippen LogP contribution in [0.5, 0.6) is 5.75 Å². The van der Waals surface area contributed by atoms with Gasteiger partial charge in [-0.2, -0.15) is 0 Å². The van der Waals surface area contributed by atoms with Crippen molar-refractivity contribution in [3.63, 3.8) is 0 Å². The Morgan fingerprint density at radius 1 is 1.00 bits per heavy atom. The second-order valence-corrected chi connectivity index (χ2v) is 7.48. The van der Waals surface area contributed by atoms with Gasteiger partial charge in [0.25, 0.3) is 5.91 Å². The molecule has 5 heteroatoms. The van der Waals surface area contributed by atoms with Gasteiger partial charge in [0.1, 0.15) is 5.75 Å². The van der Waals surface area contributed by atoms with Crippen molar-refractivity contribution in [1.29, 1.82) is 0 Å². The molecule has 3 aliphatic rings. The lowest BCUT2D eigenvalue weighted by molar-refractivity contribution is -0.124. The number of ether oxygens (including phenoxy) is 1. The molecule has 5 nitrogen and oxygen atoms in total. The highest BCUT2D eigenvalue weighted by atomic mass is 16.5. The second-order valence-electron chi connectivity index (χ2n) is 7.48. The van der Waals surface area contributed by atoms with E-state index in [1.54, 1.807) is 31.4 Å². The first-order valence-electron chi connectivity index (χ1n) is 9.45. The summed E-state index contributed by atoms with van der Waals surface area (Å²) in [4.78, 5) is 29.4. The predicted molar refractivity (Wildman–Crippen MR) is 95.6 cm³/mol. The van der Waals surface area contributed by atoms with E-state index in [9.17, 15) is 9.59 Å². The van der Waals surface area contributed by atoms with E-state index < -0.39 is 0 Å². The van der Waals surface area contributed by atoms with Crippen LogP contribution in [0.25, 0.3) is 0 Å². The van der Waals surface area contributed by atoms with Crippen molar-refractivity contribution < 1.29 is 14.3 Å². The van der Waals surface area contributed by atoms with Crippen molar-refractivity contribution in [2.75, 3.05) is 18.6 Å². The Morgan fingerprint density at radius 3 is 2.48 bits per heavy atom. The minimum absolute atomic E-state index is 0.0543. The summed E-state index contributed by atoms with van der Waals surface area (Å²) in [6.45, 7) is 0.946. The van der Waals surface area contributed by atoms with Crippen LogP contribution < -0.4 is 9.64 Å². The van der Waals surface area contributed by atoms with Gasteiger partial charge in [-0.25, -0.2) is 4.90 Å². The lowest BCUT2D eigenvalue weighted by atomic mass is 9.77. The third kappa shape index (κ3) is 2.95. The lowest BCUT2D eigenvalue weighted by Crippen LogP contribution is -2.54. The van der Waals surface area contributed by atoms with Crippen LogP contribution in [0.4, 0.5) is 5.69 Å². The Bertz CT molecular complexity index is 655. The van der Waals surface area contributed by atoms with Crippen LogP contribution in [0.15, 0.2) is 24.3 Å². The maximum Gasteiger partial charge on any atom is 0.251 e. The average Bonchev–Trinajstić information content (AvgIpc) is 2.95. The first-order chi connectivity index (χ1) is 12.2. The molecule has 1 aromatic rings. The number of hydrogen-bond donors (Lipinski definition) is 0. The van der Waals surface area contributed by atoms with E-state index >= 15 is 0 Å². The monoisotopic (exact) mass is 342 g/mol. The third-order valence-corrected chi connectivity index (χ3v) is 6.14. The number of rotatable bonds is 3. The summed E-state index contributed by atoms with van der Waals surface area (Å²) in [5, 5.41) is 0. The molecule has 3 fully saturated rings. The number of benzene rings is 1. The minimum atomic E-state index is -0.277. The van der Waals surface area contributed by atoms with Crippen molar-refractivity contribution in [3.8, 4) is 5.75 Å². The molecule has 0 unspecified atom stereocenters. The summed E-state index contributed by atoms with van der Waals surface area (Å²) in [5.41, 5.74) is 0.649. The van der Waals surface area contributed by atoms with Gasteiger partial charge >= 0.3 is 0 Å². The molecule has 0 spiro atoms. The summed E-state index contributed by atoms with van der Waals surface area (Å²) in [6, 6.07) is 7.37.